The third-order valence-corrected chi connectivity index (χ3v) is 8.33. The van der Waals surface area contributed by atoms with Crippen LogP contribution in [0.25, 0.3) is 0 Å². The molecular weight excluding hydrogens is 455 g/mol. The van der Waals surface area contributed by atoms with E-state index in [0.717, 1.165) is 12.1 Å². The Morgan fingerprint density at radius 3 is 2.31 bits per heavy atom. The van der Waals surface area contributed by atoms with Crippen LogP contribution in [-0.4, -0.2) is 35.0 Å². The predicted octanol–water partition coefficient (Wildman–Crippen LogP) is 3.42. The summed E-state index contributed by atoms with van der Waals surface area (Å²) >= 11 is 0. The minimum atomic E-state index is -4.08. The molecule has 0 bridgehead atoms. The number of halogens is 1. The third-order valence-electron chi connectivity index (χ3n) is 4.79. The largest absolute Gasteiger partial charge is 0.494 e. The van der Waals surface area contributed by atoms with E-state index >= 15 is 0 Å². The second kappa shape index (κ2) is 9.76. The van der Waals surface area contributed by atoms with Gasteiger partial charge in [-0.05, 0) is 73.5 Å². The standard InChI is InChI=1S/C22H23FN2O5S2/c1-3-30-18-6-8-19(9-7-18)31(26,27)22(17-5-4-12-24-14-17)15-25-32(28,29)20-10-11-21(23)16(2)13-20/h4-14,22,25H,3,15H2,1-2H3. The number of aryl methyl sites for hydroxylation is 1. The number of pyridine rings is 1. The van der Waals surface area contributed by atoms with Gasteiger partial charge in [0.15, 0.2) is 9.84 Å². The van der Waals surface area contributed by atoms with Gasteiger partial charge in [-0.1, -0.05) is 6.07 Å². The SMILES string of the molecule is CCOc1ccc(S(=O)(=O)C(CNS(=O)(=O)c2ccc(F)c(C)c2)c2cccnc2)cc1. The molecule has 32 heavy (non-hydrogen) atoms. The van der Waals surface area contributed by atoms with Crippen molar-refractivity contribution in [1.29, 1.82) is 0 Å². The highest BCUT2D eigenvalue weighted by atomic mass is 32.2. The molecule has 7 nitrogen and oxygen atoms in total. The van der Waals surface area contributed by atoms with Crippen LogP contribution < -0.4 is 9.46 Å². The van der Waals surface area contributed by atoms with E-state index in [0.29, 0.717) is 17.9 Å². The molecule has 1 heterocycles. The topological polar surface area (TPSA) is 102 Å². The Morgan fingerprint density at radius 2 is 1.72 bits per heavy atom. The van der Waals surface area contributed by atoms with E-state index in [4.69, 9.17) is 4.74 Å². The molecule has 0 saturated heterocycles. The molecule has 1 aromatic heterocycles. The van der Waals surface area contributed by atoms with Crippen LogP contribution >= 0.6 is 0 Å². The molecule has 1 atom stereocenters. The Bertz CT molecular complexity index is 1280. The summed E-state index contributed by atoms with van der Waals surface area (Å²) in [4.78, 5) is 3.84. The van der Waals surface area contributed by atoms with E-state index in [-0.39, 0.29) is 15.4 Å². The smallest absolute Gasteiger partial charge is 0.240 e. The molecule has 0 spiro atoms. The summed E-state index contributed by atoms with van der Waals surface area (Å²) in [5.74, 6) is -0.00739. The van der Waals surface area contributed by atoms with Crippen LogP contribution in [-0.2, 0) is 19.9 Å². The van der Waals surface area contributed by atoms with Crippen LogP contribution in [0.5, 0.6) is 5.75 Å². The van der Waals surface area contributed by atoms with Gasteiger partial charge in [0.2, 0.25) is 10.0 Å². The quantitative estimate of drug-likeness (QED) is 0.506. The van der Waals surface area contributed by atoms with Gasteiger partial charge in [0.1, 0.15) is 16.8 Å². The third kappa shape index (κ3) is 5.32. The maximum absolute atomic E-state index is 13.5. The highest BCUT2D eigenvalue weighted by molar-refractivity contribution is 7.92. The normalized spacial score (nSPS) is 13.0. The van der Waals surface area contributed by atoms with Crippen LogP contribution in [0.15, 0.2) is 76.8 Å². The number of sulfone groups is 1. The van der Waals surface area contributed by atoms with Crippen LogP contribution in [0.1, 0.15) is 23.3 Å². The summed E-state index contributed by atoms with van der Waals surface area (Å²) in [6.45, 7) is 3.27. The molecule has 0 saturated carbocycles. The van der Waals surface area contributed by atoms with Gasteiger partial charge >= 0.3 is 0 Å². The van der Waals surface area contributed by atoms with E-state index in [2.05, 4.69) is 9.71 Å². The van der Waals surface area contributed by atoms with E-state index in [1.807, 2.05) is 6.92 Å². The van der Waals surface area contributed by atoms with Gasteiger partial charge in [-0.3, -0.25) is 4.98 Å². The van der Waals surface area contributed by atoms with E-state index in [9.17, 15) is 21.2 Å². The number of benzene rings is 2. The number of sulfonamides is 1. The Balaban J connectivity index is 1.93. The molecule has 0 aliphatic carbocycles. The van der Waals surface area contributed by atoms with Crippen molar-refractivity contribution < 1.29 is 26.0 Å². The summed E-state index contributed by atoms with van der Waals surface area (Å²) < 4.78 is 73.5. The summed E-state index contributed by atoms with van der Waals surface area (Å²) in [7, 11) is -8.07. The Kier molecular flexibility index (Phi) is 7.27. The summed E-state index contributed by atoms with van der Waals surface area (Å²) in [5, 5.41) is -1.23. The van der Waals surface area contributed by atoms with Crippen LogP contribution in [0.4, 0.5) is 4.39 Å². The lowest BCUT2D eigenvalue weighted by molar-refractivity contribution is 0.340. The first-order valence-corrected chi connectivity index (χ1v) is 12.8. The number of hydrogen-bond acceptors (Lipinski definition) is 6. The van der Waals surface area contributed by atoms with Gasteiger partial charge in [-0.25, -0.2) is 25.9 Å². The molecule has 1 unspecified atom stereocenters. The predicted molar refractivity (Wildman–Crippen MR) is 118 cm³/mol. The molecule has 3 aromatic rings. The van der Waals surface area contributed by atoms with Crippen molar-refractivity contribution in [2.45, 2.75) is 28.9 Å². The van der Waals surface area contributed by atoms with Crippen molar-refractivity contribution >= 4 is 19.9 Å². The number of nitrogens with zero attached hydrogens (tertiary/aromatic N) is 1. The molecule has 0 fully saturated rings. The second-order valence-corrected chi connectivity index (χ2v) is 10.9. The van der Waals surface area contributed by atoms with Crippen molar-refractivity contribution in [3.8, 4) is 5.75 Å². The first-order chi connectivity index (χ1) is 15.1. The molecule has 2 aromatic carbocycles. The van der Waals surface area contributed by atoms with Crippen LogP contribution in [0.2, 0.25) is 0 Å². The molecule has 0 aliphatic heterocycles. The lowest BCUT2D eigenvalue weighted by atomic mass is 10.2. The number of ether oxygens (including phenoxy) is 1. The molecule has 0 aliphatic rings. The molecule has 0 amide bonds. The summed E-state index contributed by atoms with van der Waals surface area (Å²) in [6.07, 6.45) is 2.88. The average molecular weight is 479 g/mol. The van der Waals surface area contributed by atoms with Crippen LogP contribution in [0, 0.1) is 12.7 Å². The first kappa shape index (κ1) is 23.8. The monoisotopic (exact) mass is 478 g/mol. The Labute approximate surface area is 187 Å². The Hall–Kier alpha value is -2.82. The van der Waals surface area contributed by atoms with Crippen molar-refractivity contribution in [2.24, 2.45) is 0 Å². The zero-order valence-electron chi connectivity index (χ0n) is 17.5. The molecular formula is C22H23FN2O5S2. The number of hydrogen-bond donors (Lipinski definition) is 1. The summed E-state index contributed by atoms with van der Waals surface area (Å²) in [5.41, 5.74) is 0.498. The van der Waals surface area contributed by atoms with Crippen molar-refractivity contribution in [1.82, 2.24) is 9.71 Å². The maximum Gasteiger partial charge on any atom is 0.240 e. The molecule has 3 rings (SSSR count). The van der Waals surface area contributed by atoms with Gasteiger partial charge in [-0.2, -0.15) is 0 Å². The van der Waals surface area contributed by atoms with E-state index in [1.165, 1.54) is 37.5 Å². The fourth-order valence-corrected chi connectivity index (χ4v) is 5.96. The first-order valence-electron chi connectivity index (χ1n) is 9.77. The minimum Gasteiger partial charge on any atom is -0.494 e. The number of rotatable bonds is 9. The fraction of sp³-hybridized carbons (Fsp3) is 0.227. The van der Waals surface area contributed by atoms with Gasteiger partial charge < -0.3 is 4.74 Å². The van der Waals surface area contributed by atoms with Crippen molar-refractivity contribution in [3.63, 3.8) is 0 Å². The van der Waals surface area contributed by atoms with Gasteiger partial charge in [0, 0.05) is 18.9 Å². The highest BCUT2D eigenvalue weighted by Gasteiger charge is 2.31. The van der Waals surface area contributed by atoms with Gasteiger partial charge in [0.25, 0.3) is 0 Å². The van der Waals surface area contributed by atoms with Crippen molar-refractivity contribution in [2.75, 3.05) is 13.2 Å². The summed E-state index contributed by atoms with van der Waals surface area (Å²) in [6, 6.07) is 12.4. The minimum absolute atomic E-state index is 0.0200. The van der Waals surface area contributed by atoms with E-state index < -0.39 is 37.5 Å². The number of nitrogens with one attached hydrogen (secondary N) is 1. The Morgan fingerprint density at radius 1 is 1.03 bits per heavy atom. The lowest BCUT2D eigenvalue weighted by Gasteiger charge is -2.19. The zero-order chi connectivity index (χ0) is 23.4. The van der Waals surface area contributed by atoms with E-state index in [1.54, 1.807) is 24.3 Å². The number of aromatic nitrogens is 1. The fourth-order valence-electron chi connectivity index (χ4n) is 3.08. The van der Waals surface area contributed by atoms with Crippen LogP contribution in [0.3, 0.4) is 0 Å². The molecule has 0 radical (unpaired) electrons. The average Bonchev–Trinajstić information content (AvgIpc) is 2.77. The second-order valence-electron chi connectivity index (χ2n) is 6.99. The lowest BCUT2D eigenvalue weighted by Crippen LogP contribution is -2.32. The zero-order valence-corrected chi connectivity index (χ0v) is 19.2. The maximum atomic E-state index is 13.5. The highest BCUT2D eigenvalue weighted by Crippen LogP contribution is 2.30. The van der Waals surface area contributed by atoms with Gasteiger partial charge in [-0.15, -0.1) is 0 Å². The molecule has 1 N–H and O–H groups in total. The van der Waals surface area contributed by atoms with Crippen molar-refractivity contribution in [3.05, 3.63) is 83.9 Å². The molecule has 170 valence electrons. The molecule has 10 heteroatoms. The van der Waals surface area contributed by atoms with Gasteiger partial charge in [0.05, 0.1) is 16.4 Å².